The maximum atomic E-state index is 13.4. The van der Waals surface area contributed by atoms with Crippen LogP contribution in [0, 0.1) is 27.8 Å². The minimum absolute atomic E-state index is 0.000344. The lowest BCUT2D eigenvalue weighted by Gasteiger charge is -2.24. The molecule has 6 nitrogen and oxygen atoms in total. The number of nitrogens with one attached hydrogen (secondary N) is 1. The molecule has 1 aromatic rings. The zero-order chi connectivity index (χ0) is 15.1. The molecule has 2 fully saturated rings. The van der Waals surface area contributed by atoms with Gasteiger partial charge < -0.3 is 10.2 Å². The van der Waals surface area contributed by atoms with E-state index in [1.165, 1.54) is 0 Å². The van der Waals surface area contributed by atoms with E-state index >= 15 is 0 Å². The standard InChI is InChI=1S/C14H16FN3O3/c1-8-12-6-16-5-9(12)7-17(8)14(19)11-4-10(15)2-3-13(11)18(20)21/h2-4,8-9,12,16H,5-7H2,1H3. The molecule has 0 aliphatic carbocycles. The van der Waals surface area contributed by atoms with E-state index in [1.807, 2.05) is 6.92 Å². The van der Waals surface area contributed by atoms with Crippen molar-refractivity contribution in [3.63, 3.8) is 0 Å². The third-order valence-electron chi connectivity index (χ3n) is 4.58. The van der Waals surface area contributed by atoms with Crippen molar-refractivity contribution < 1.29 is 14.1 Å². The van der Waals surface area contributed by atoms with Crippen LogP contribution in [0.2, 0.25) is 0 Å². The summed E-state index contributed by atoms with van der Waals surface area (Å²) >= 11 is 0. The molecule has 1 N–H and O–H groups in total. The Hall–Kier alpha value is -2.02. The number of amides is 1. The summed E-state index contributed by atoms with van der Waals surface area (Å²) in [6.07, 6.45) is 0. The smallest absolute Gasteiger partial charge is 0.282 e. The average molecular weight is 293 g/mol. The van der Waals surface area contributed by atoms with Gasteiger partial charge in [0.15, 0.2) is 0 Å². The van der Waals surface area contributed by atoms with Gasteiger partial charge in [-0.25, -0.2) is 4.39 Å². The third-order valence-corrected chi connectivity index (χ3v) is 4.58. The molecule has 3 unspecified atom stereocenters. The van der Waals surface area contributed by atoms with Crippen LogP contribution >= 0.6 is 0 Å². The zero-order valence-electron chi connectivity index (χ0n) is 11.6. The van der Waals surface area contributed by atoms with Gasteiger partial charge in [0.25, 0.3) is 11.6 Å². The fourth-order valence-corrected chi connectivity index (χ4v) is 3.43. The van der Waals surface area contributed by atoms with Crippen LogP contribution in [0.3, 0.4) is 0 Å². The summed E-state index contributed by atoms with van der Waals surface area (Å²) in [5.41, 5.74) is -0.511. The number of nitro benzene ring substituents is 1. The van der Waals surface area contributed by atoms with Crippen molar-refractivity contribution in [2.24, 2.45) is 11.8 Å². The van der Waals surface area contributed by atoms with E-state index in [-0.39, 0.29) is 17.3 Å². The predicted octanol–water partition coefficient (Wildman–Crippen LogP) is 1.41. The molecule has 0 aromatic heterocycles. The maximum absolute atomic E-state index is 13.4. The molecule has 21 heavy (non-hydrogen) atoms. The predicted molar refractivity (Wildman–Crippen MR) is 73.4 cm³/mol. The van der Waals surface area contributed by atoms with Crippen molar-refractivity contribution in [2.75, 3.05) is 19.6 Å². The lowest BCUT2D eigenvalue weighted by atomic mass is 9.95. The average Bonchev–Trinajstić information content (AvgIpc) is 3.01. The van der Waals surface area contributed by atoms with Crippen LogP contribution in [-0.2, 0) is 0 Å². The number of fused-ring (bicyclic) bond motifs is 1. The molecule has 2 heterocycles. The van der Waals surface area contributed by atoms with Crippen LogP contribution in [-0.4, -0.2) is 41.4 Å². The number of hydrogen-bond donors (Lipinski definition) is 1. The van der Waals surface area contributed by atoms with Crippen LogP contribution in [0.4, 0.5) is 10.1 Å². The highest BCUT2D eigenvalue weighted by Gasteiger charge is 2.44. The largest absolute Gasteiger partial charge is 0.335 e. The van der Waals surface area contributed by atoms with Crippen molar-refractivity contribution in [3.05, 3.63) is 39.7 Å². The zero-order valence-corrected chi connectivity index (χ0v) is 11.6. The maximum Gasteiger partial charge on any atom is 0.282 e. The monoisotopic (exact) mass is 293 g/mol. The Morgan fingerprint density at radius 2 is 2.24 bits per heavy atom. The molecule has 0 spiro atoms. The Kier molecular flexibility index (Phi) is 3.36. The van der Waals surface area contributed by atoms with Crippen molar-refractivity contribution in [3.8, 4) is 0 Å². The molecule has 2 saturated heterocycles. The number of carbonyl (C=O) groups is 1. The van der Waals surface area contributed by atoms with Gasteiger partial charge in [0.1, 0.15) is 11.4 Å². The van der Waals surface area contributed by atoms with Crippen molar-refractivity contribution in [1.29, 1.82) is 0 Å². The van der Waals surface area contributed by atoms with Crippen LogP contribution < -0.4 is 5.32 Å². The van der Waals surface area contributed by atoms with Crippen LogP contribution in [0.15, 0.2) is 18.2 Å². The molecule has 2 aliphatic heterocycles. The lowest BCUT2D eigenvalue weighted by molar-refractivity contribution is -0.385. The van der Waals surface area contributed by atoms with Gasteiger partial charge in [0.05, 0.1) is 4.92 Å². The van der Waals surface area contributed by atoms with Gasteiger partial charge in [-0.05, 0) is 30.9 Å². The van der Waals surface area contributed by atoms with Gasteiger partial charge in [-0.3, -0.25) is 14.9 Å². The summed E-state index contributed by atoms with van der Waals surface area (Å²) < 4.78 is 13.4. The first-order valence-electron chi connectivity index (χ1n) is 6.94. The first-order chi connectivity index (χ1) is 9.99. The van der Waals surface area contributed by atoms with Crippen molar-refractivity contribution in [2.45, 2.75) is 13.0 Å². The summed E-state index contributed by atoms with van der Waals surface area (Å²) in [7, 11) is 0. The van der Waals surface area contributed by atoms with Gasteiger partial charge >= 0.3 is 0 Å². The van der Waals surface area contributed by atoms with E-state index in [1.54, 1.807) is 4.90 Å². The molecule has 0 saturated carbocycles. The Morgan fingerprint density at radius 3 is 2.90 bits per heavy atom. The third kappa shape index (κ3) is 2.27. The van der Waals surface area contributed by atoms with E-state index in [4.69, 9.17) is 0 Å². The van der Waals surface area contributed by atoms with Crippen LogP contribution in [0.5, 0.6) is 0 Å². The minimum atomic E-state index is -0.643. The molecule has 112 valence electrons. The summed E-state index contributed by atoms with van der Waals surface area (Å²) in [5, 5.41) is 14.3. The highest BCUT2D eigenvalue weighted by molar-refractivity contribution is 5.98. The second kappa shape index (κ2) is 5.07. The molecule has 1 aromatic carbocycles. The highest BCUT2D eigenvalue weighted by atomic mass is 19.1. The normalized spacial score (nSPS) is 27.7. The molecule has 1 amide bonds. The Bertz CT molecular complexity index is 607. The summed E-state index contributed by atoms with van der Waals surface area (Å²) in [6.45, 7) is 4.21. The van der Waals surface area contributed by atoms with E-state index in [2.05, 4.69) is 5.32 Å². The molecule has 3 atom stereocenters. The number of nitrogens with zero attached hydrogens (tertiary/aromatic N) is 2. The van der Waals surface area contributed by atoms with Gasteiger partial charge in [0.2, 0.25) is 0 Å². The summed E-state index contributed by atoms with van der Waals surface area (Å²) in [6, 6.07) is 3.01. The van der Waals surface area contributed by atoms with Crippen LogP contribution in [0.1, 0.15) is 17.3 Å². The lowest BCUT2D eigenvalue weighted by Crippen LogP contribution is -2.38. The number of rotatable bonds is 2. The molecular weight excluding hydrogens is 277 g/mol. The van der Waals surface area contributed by atoms with E-state index < -0.39 is 16.6 Å². The van der Waals surface area contributed by atoms with Gasteiger partial charge in [-0.1, -0.05) is 0 Å². The fourth-order valence-electron chi connectivity index (χ4n) is 3.43. The Labute approximate surface area is 121 Å². The Morgan fingerprint density at radius 1 is 1.48 bits per heavy atom. The van der Waals surface area contributed by atoms with E-state index in [0.717, 1.165) is 31.3 Å². The second-order valence-electron chi connectivity index (χ2n) is 5.70. The van der Waals surface area contributed by atoms with Gasteiger partial charge in [0, 0.05) is 31.7 Å². The van der Waals surface area contributed by atoms with E-state index in [0.29, 0.717) is 18.4 Å². The minimum Gasteiger partial charge on any atom is -0.335 e. The molecule has 2 aliphatic rings. The quantitative estimate of drug-likeness (QED) is 0.661. The van der Waals surface area contributed by atoms with Crippen molar-refractivity contribution >= 4 is 11.6 Å². The second-order valence-corrected chi connectivity index (χ2v) is 5.70. The number of likely N-dealkylation sites (tertiary alicyclic amines) is 1. The Balaban J connectivity index is 1.92. The topological polar surface area (TPSA) is 75.5 Å². The molecular formula is C14H16FN3O3. The number of nitro groups is 1. The molecule has 3 rings (SSSR count). The van der Waals surface area contributed by atoms with Crippen LogP contribution in [0.25, 0.3) is 0 Å². The highest BCUT2D eigenvalue weighted by Crippen LogP contribution is 2.34. The van der Waals surface area contributed by atoms with Gasteiger partial charge in [-0.2, -0.15) is 0 Å². The molecule has 7 heteroatoms. The first-order valence-corrected chi connectivity index (χ1v) is 6.94. The number of halogens is 1. The number of benzene rings is 1. The van der Waals surface area contributed by atoms with Gasteiger partial charge in [-0.15, -0.1) is 0 Å². The fraction of sp³-hybridized carbons (Fsp3) is 0.500. The molecule has 0 radical (unpaired) electrons. The first kappa shape index (κ1) is 13.9. The SMILES string of the molecule is CC1C2CNCC2CN1C(=O)c1cc(F)ccc1[N+](=O)[O-]. The van der Waals surface area contributed by atoms with E-state index in [9.17, 15) is 19.3 Å². The molecule has 0 bridgehead atoms. The van der Waals surface area contributed by atoms with Crippen molar-refractivity contribution in [1.82, 2.24) is 10.2 Å². The summed E-state index contributed by atoms with van der Waals surface area (Å²) in [4.78, 5) is 24.6. The number of carbonyl (C=O) groups excluding carboxylic acids is 1. The summed E-state index contributed by atoms with van der Waals surface area (Å²) in [5.74, 6) is -0.362. The number of hydrogen-bond acceptors (Lipinski definition) is 4.